The number of imidazole rings is 1. The van der Waals surface area contributed by atoms with Gasteiger partial charge in [0.2, 0.25) is 11.2 Å². The Labute approximate surface area is 166 Å². The molecule has 0 radical (unpaired) electrons. The minimum absolute atomic E-state index is 0.0154. The molecule has 3 aromatic heterocycles. The molecule has 1 saturated heterocycles. The number of hydrogen-bond acceptors (Lipinski definition) is 5. The summed E-state index contributed by atoms with van der Waals surface area (Å²) in [6.45, 7) is 5.00. The van der Waals surface area contributed by atoms with E-state index >= 15 is 0 Å². The quantitative estimate of drug-likeness (QED) is 0.676. The summed E-state index contributed by atoms with van der Waals surface area (Å²) in [5.41, 5.74) is 1.21. The van der Waals surface area contributed by atoms with Crippen molar-refractivity contribution >= 4 is 40.6 Å². The highest BCUT2D eigenvalue weighted by Gasteiger charge is 2.37. The lowest BCUT2D eigenvalue weighted by Crippen LogP contribution is -2.57. The summed E-state index contributed by atoms with van der Waals surface area (Å²) < 4.78 is 1.98. The molecule has 1 fully saturated rings. The number of pyridine rings is 1. The second-order valence-electron chi connectivity index (χ2n) is 7.10. The Hall–Kier alpha value is -2.38. The second kappa shape index (κ2) is 6.65. The van der Waals surface area contributed by atoms with Crippen LogP contribution in [0.25, 0.3) is 5.65 Å². The fourth-order valence-corrected chi connectivity index (χ4v) is 3.58. The molecule has 1 aliphatic heterocycles. The van der Waals surface area contributed by atoms with Gasteiger partial charge in [0.1, 0.15) is 10.7 Å². The number of aromatic nitrogens is 4. The van der Waals surface area contributed by atoms with Crippen LogP contribution in [-0.4, -0.2) is 38.3 Å². The lowest BCUT2D eigenvalue weighted by atomic mass is 9.95. The smallest absolute Gasteiger partial charge is 0.227 e. The molecule has 0 unspecified atom stereocenters. The van der Waals surface area contributed by atoms with Crippen LogP contribution in [-0.2, 0) is 10.3 Å². The van der Waals surface area contributed by atoms with Crippen LogP contribution in [0.15, 0.2) is 36.8 Å². The Morgan fingerprint density at radius 2 is 2.00 bits per heavy atom. The molecule has 0 bridgehead atoms. The van der Waals surface area contributed by atoms with Gasteiger partial charge < -0.3 is 14.6 Å². The summed E-state index contributed by atoms with van der Waals surface area (Å²) in [4.78, 5) is 27.0. The molecule has 0 aliphatic carbocycles. The molecule has 0 atom stereocenters. The van der Waals surface area contributed by atoms with E-state index < -0.39 is 5.54 Å². The molecule has 3 aromatic rings. The van der Waals surface area contributed by atoms with Gasteiger partial charge in [-0.1, -0.05) is 17.7 Å². The summed E-state index contributed by atoms with van der Waals surface area (Å²) >= 11 is 12.0. The average molecular weight is 405 g/mol. The van der Waals surface area contributed by atoms with E-state index in [1.807, 2.05) is 47.5 Å². The number of amides is 1. The molecule has 0 aromatic carbocycles. The van der Waals surface area contributed by atoms with Crippen LogP contribution in [0.4, 0.5) is 5.82 Å². The standard InChI is InChI=1S/C18H18Cl2N6O/c1-18(2,13-8-21-14-5-3-4-6-26(13)14)24-16(27)11-9-25(10-11)15-12(19)7-22-17(20)23-15/h3-8,11H,9-10H2,1-2H3,(H,24,27). The van der Waals surface area contributed by atoms with Gasteiger partial charge in [-0.05, 0) is 37.6 Å². The number of nitrogens with one attached hydrogen (secondary N) is 1. The van der Waals surface area contributed by atoms with Crippen LogP contribution in [0.1, 0.15) is 19.5 Å². The van der Waals surface area contributed by atoms with Crippen molar-refractivity contribution in [3.8, 4) is 0 Å². The Morgan fingerprint density at radius 3 is 2.78 bits per heavy atom. The van der Waals surface area contributed by atoms with Crippen molar-refractivity contribution in [1.29, 1.82) is 0 Å². The highest BCUT2D eigenvalue weighted by molar-refractivity contribution is 6.33. The van der Waals surface area contributed by atoms with E-state index in [0.717, 1.165) is 11.3 Å². The number of anilines is 1. The first kappa shape index (κ1) is 18.0. The lowest BCUT2D eigenvalue weighted by Gasteiger charge is -2.40. The van der Waals surface area contributed by atoms with Crippen LogP contribution < -0.4 is 10.2 Å². The number of halogens is 2. The van der Waals surface area contributed by atoms with Crippen molar-refractivity contribution in [1.82, 2.24) is 24.7 Å². The number of nitrogens with zero attached hydrogens (tertiary/aromatic N) is 5. The predicted octanol–water partition coefficient (Wildman–Crippen LogP) is 2.92. The summed E-state index contributed by atoms with van der Waals surface area (Å²) in [5.74, 6) is 0.397. The number of fused-ring (bicyclic) bond motifs is 1. The van der Waals surface area contributed by atoms with E-state index in [1.165, 1.54) is 6.20 Å². The Bertz CT molecular complexity index is 1010. The SMILES string of the molecule is CC(C)(NC(=O)C1CN(c2nc(Cl)ncc2Cl)C1)c1cnc2ccccn12. The molecule has 140 valence electrons. The molecule has 4 rings (SSSR count). The number of carbonyl (C=O) groups excluding carboxylic acids is 1. The van der Waals surface area contributed by atoms with Crippen molar-refractivity contribution in [2.24, 2.45) is 5.92 Å². The van der Waals surface area contributed by atoms with Crippen molar-refractivity contribution in [3.63, 3.8) is 0 Å². The minimum atomic E-state index is -0.561. The van der Waals surface area contributed by atoms with Crippen LogP contribution in [0.2, 0.25) is 10.3 Å². The molecule has 1 amide bonds. The molecular formula is C18H18Cl2N6O. The van der Waals surface area contributed by atoms with Gasteiger partial charge in [-0.15, -0.1) is 0 Å². The molecule has 1 aliphatic rings. The Kier molecular flexibility index (Phi) is 4.44. The van der Waals surface area contributed by atoms with Crippen LogP contribution in [0.3, 0.4) is 0 Å². The zero-order valence-corrected chi connectivity index (χ0v) is 16.4. The van der Waals surface area contributed by atoms with Crippen molar-refractivity contribution in [3.05, 3.63) is 52.8 Å². The largest absolute Gasteiger partial charge is 0.353 e. The molecule has 7 nitrogen and oxygen atoms in total. The fourth-order valence-electron chi connectivity index (χ4n) is 3.25. The summed E-state index contributed by atoms with van der Waals surface area (Å²) in [6.07, 6.45) is 5.20. The zero-order valence-electron chi connectivity index (χ0n) is 14.9. The highest BCUT2D eigenvalue weighted by atomic mass is 35.5. The molecule has 1 N–H and O–H groups in total. The average Bonchev–Trinajstić information content (AvgIpc) is 3.01. The van der Waals surface area contributed by atoms with Crippen LogP contribution in [0.5, 0.6) is 0 Å². The van der Waals surface area contributed by atoms with Gasteiger partial charge in [-0.3, -0.25) is 4.79 Å². The Morgan fingerprint density at radius 1 is 1.22 bits per heavy atom. The zero-order chi connectivity index (χ0) is 19.2. The topological polar surface area (TPSA) is 75.4 Å². The van der Waals surface area contributed by atoms with Gasteiger partial charge in [0.15, 0.2) is 5.82 Å². The maximum absolute atomic E-state index is 12.7. The maximum Gasteiger partial charge on any atom is 0.227 e. The van der Waals surface area contributed by atoms with Crippen molar-refractivity contribution in [2.75, 3.05) is 18.0 Å². The first-order valence-electron chi connectivity index (χ1n) is 8.53. The molecular weight excluding hydrogens is 387 g/mol. The van der Waals surface area contributed by atoms with E-state index in [9.17, 15) is 4.79 Å². The molecule has 4 heterocycles. The van der Waals surface area contributed by atoms with Gasteiger partial charge >= 0.3 is 0 Å². The predicted molar refractivity (Wildman–Crippen MR) is 104 cm³/mol. The summed E-state index contributed by atoms with van der Waals surface area (Å²) in [6, 6.07) is 5.81. The fraction of sp³-hybridized carbons (Fsp3) is 0.333. The van der Waals surface area contributed by atoms with E-state index in [1.54, 1.807) is 6.20 Å². The molecule has 27 heavy (non-hydrogen) atoms. The summed E-state index contributed by atoms with van der Waals surface area (Å²) in [5, 5.41) is 3.69. The van der Waals surface area contributed by atoms with Gasteiger partial charge in [0.05, 0.1) is 29.5 Å². The second-order valence-corrected chi connectivity index (χ2v) is 7.84. The monoisotopic (exact) mass is 404 g/mol. The lowest BCUT2D eigenvalue weighted by molar-refractivity contribution is -0.127. The first-order chi connectivity index (χ1) is 12.8. The third kappa shape index (κ3) is 3.33. The van der Waals surface area contributed by atoms with E-state index in [4.69, 9.17) is 23.2 Å². The first-order valence-corrected chi connectivity index (χ1v) is 9.28. The van der Waals surface area contributed by atoms with Crippen LogP contribution in [0, 0.1) is 5.92 Å². The summed E-state index contributed by atoms with van der Waals surface area (Å²) in [7, 11) is 0. The van der Waals surface area contributed by atoms with Gasteiger partial charge in [0, 0.05) is 19.3 Å². The molecule has 9 heteroatoms. The normalized spacial score (nSPS) is 15.0. The van der Waals surface area contributed by atoms with Crippen molar-refractivity contribution < 1.29 is 4.79 Å². The highest BCUT2D eigenvalue weighted by Crippen LogP contribution is 2.30. The van der Waals surface area contributed by atoms with Gasteiger partial charge in [-0.2, -0.15) is 4.98 Å². The number of carbonyl (C=O) groups is 1. The third-order valence-corrected chi connectivity index (χ3v) is 5.19. The molecule has 0 saturated carbocycles. The van der Waals surface area contributed by atoms with Gasteiger partial charge in [0.25, 0.3) is 0 Å². The van der Waals surface area contributed by atoms with E-state index in [2.05, 4.69) is 20.3 Å². The van der Waals surface area contributed by atoms with Crippen molar-refractivity contribution in [2.45, 2.75) is 19.4 Å². The third-order valence-electron chi connectivity index (χ3n) is 4.74. The minimum Gasteiger partial charge on any atom is -0.353 e. The Balaban J connectivity index is 1.45. The number of rotatable bonds is 4. The molecule has 0 spiro atoms. The maximum atomic E-state index is 12.7. The van der Waals surface area contributed by atoms with Crippen LogP contribution >= 0.6 is 23.2 Å². The van der Waals surface area contributed by atoms with Gasteiger partial charge in [-0.25, -0.2) is 9.97 Å². The van der Waals surface area contributed by atoms with E-state index in [0.29, 0.717) is 23.9 Å². The van der Waals surface area contributed by atoms with E-state index in [-0.39, 0.29) is 17.1 Å². The number of hydrogen-bond donors (Lipinski definition) is 1.